The third-order valence-corrected chi connectivity index (χ3v) is 4.51. The molecule has 0 saturated carbocycles. The number of amides is 1. The van der Waals surface area contributed by atoms with Gasteiger partial charge in [-0.2, -0.15) is 4.72 Å². The van der Waals surface area contributed by atoms with Gasteiger partial charge in [0.15, 0.2) is 0 Å². The number of likely N-dealkylation sites (N-methyl/N-ethyl adjacent to an activating group) is 1. The molecule has 0 aliphatic carbocycles. The summed E-state index contributed by atoms with van der Waals surface area (Å²) in [5.74, 6) is -0.370. The first-order valence-corrected chi connectivity index (χ1v) is 8.49. The highest BCUT2D eigenvalue weighted by Gasteiger charge is 2.21. The highest BCUT2D eigenvalue weighted by atomic mass is 35.5. The van der Waals surface area contributed by atoms with Crippen LogP contribution in [0.2, 0.25) is 5.02 Å². The zero-order valence-corrected chi connectivity index (χ0v) is 14.8. The molecule has 0 aliphatic rings. The molecule has 0 saturated heterocycles. The molecule has 22 heavy (non-hydrogen) atoms. The van der Waals surface area contributed by atoms with Gasteiger partial charge in [0.1, 0.15) is 0 Å². The fraction of sp³-hybridized carbons (Fsp3) is 0.462. The zero-order valence-electron chi connectivity index (χ0n) is 12.4. The van der Waals surface area contributed by atoms with E-state index in [0.717, 1.165) is 6.54 Å². The minimum absolute atomic E-state index is 0. The van der Waals surface area contributed by atoms with Crippen molar-refractivity contribution in [3.63, 3.8) is 0 Å². The Bertz CT molecular complexity index is 564. The molecule has 1 rings (SSSR count). The van der Waals surface area contributed by atoms with Gasteiger partial charge in [-0.25, -0.2) is 8.42 Å². The first kappa shape index (κ1) is 21.1. The highest BCUT2D eigenvalue weighted by molar-refractivity contribution is 7.89. The van der Waals surface area contributed by atoms with E-state index >= 15 is 0 Å². The van der Waals surface area contributed by atoms with Gasteiger partial charge in [0, 0.05) is 18.1 Å². The predicted octanol–water partition coefficient (Wildman–Crippen LogP) is 1.15. The minimum Gasteiger partial charge on any atom is -0.353 e. The first-order chi connectivity index (χ1) is 9.86. The second-order valence-electron chi connectivity index (χ2n) is 4.44. The maximum absolute atomic E-state index is 12.1. The molecule has 0 heterocycles. The van der Waals surface area contributed by atoms with E-state index in [9.17, 15) is 13.2 Å². The van der Waals surface area contributed by atoms with Gasteiger partial charge < -0.3 is 10.6 Å². The fourth-order valence-electron chi connectivity index (χ4n) is 1.57. The average Bonchev–Trinajstić information content (AvgIpc) is 2.43. The highest BCUT2D eigenvalue weighted by Crippen LogP contribution is 2.14. The Kier molecular flexibility index (Phi) is 9.63. The van der Waals surface area contributed by atoms with Crippen molar-refractivity contribution in [2.45, 2.75) is 24.8 Å². The van der Waals surface area contributed by atoms with Crippen molar-refractivity contribution in [2.75, 3.05) is 19.6 Å². The summed E-state index contributed by atoms with van der Waals surface area (Å²) in [6, 6.07) is 4.89. The van der Waals surface area contributed by atoms with Crippen LogP contribution < -0.4 is 15.4 Å². The van der Waals surface area contributed by atoms with Gasteiger partial charge in [-0.15, -0.1) is 12.4 Å². The molecular formula is C13H21Cl2N3O3S. The van der Waals surface area contributed by atoms with Crippen molar-refractivity contribution in [1.82, 2.24) is 15.4 Å². The molecule has 6 nitrogen and oxygen atoms in total. The topological polar surface area (TPSA) is 87.3 Å². The Morgan fingerprint density at radius 2 is 1.82 bits per heavy atom. The molecular weight excluding hydrogens is 349 g/mol. The van der Waals surface area contributed by atoms with E-state index in [1.54, 1.807) is 0 Å². The summed E-state index contributed by atoms with van der Waals surface area (Å²) in [6.07, 6.45) is 0. The van der Waals surface area contributed by atoms with E-state index in [4.69, 9.17) is 11.6 Å². The van der Waals surface area contributed by atoms with Crippen molar-refractivity contribution in [3.05, 3.63) is 29.3 Å². The van der Waals surface area contributed by atoms with Gasteiger partial charge in [-0.1, -0.05) is 18.5 Å². The molecule has 1 atom stereocenters. The predicted molar refractivity (Wildman–Crippen MR) is 90.0 cm³/mol. The van der Waals surface area contributed by atoms with E-state index in [1.165, 1.54) is 31.2 Å². The molecule has 0 radical (unpaired) electrons. The lowest BCUT2D eigenvalue weighted by Crippen LogP contribution is -2.46. The van der Waals surface area contributed by atoms with E-state index in [2.05, 4.69) is 15.4 Å². The number of nitrogens with one attached hydrogen (secondary N) is 3. The van der Waals surface area contributed by atoms with E-state index in [0.29, 0.717) is 18.1 Å². The monoisotopic (exact) mass is 369 g/mol. The molecule has 1 aromatic carbocycles. The Balaban J connectivity index is 0.00000441. The summed E-state index contributed by atoms with van der Waals surface area (Å²) in [6.45, 7) is 5.36. The second-order valence-corrected chi connectivity index (χ2v) is 6.59. The number of hydrogen-bond acceptors (Lipinski definition) is 4. The number of rotatable bonds is 8. The van der Waals surface area contributed by atoms with Crippen molar-refractivity contribution in [2.24, 2.45) is 0 Å². The van der Waals surface area contributed by atoms with Gasteiger partial charge in [-0.3, -0.25) is 4.79 Å². The van der Waals surface area contributed by atoms with E-state index < -0.39 is 16.1 Å². The molecule has 0 bridgehead atoms. The van der Waals surface area contributed by atoms with Crippen molar-refractivity contribution in [3.8, 4) is 0 Å². The number of carbonyl (C=O) groups excluding carboxylic acids is 1. The third-order valence-electron chi connectivity index (χ3n) is 2.70. The zero-order chi connectivity index (χ0) is 15.9. The lowest BCUT2D eigenvalue weighted by molar-refractivity contribution is -0.122. The Labute approximate surface area is 142 Å². The molecule has 126 valence electrons. The van der Waals surface area contributed by atoms with Gasteiger partial charge in [0.25, 0.3) is 0 Å². The molecule has 0 fully saturated rings. The van der Waals surface area contributed by atoms with Crippen LogP contribution >= 0.6 is 24.0 Å². The van der Waals surface area contributed by atoms with E-state index in [1.807, 2.05) is 6.92 Å². The minimum atomic E-state index is -3.74. The molecule has 0 aromatic heterocycles. The van der Waals surface area contributed by atoms with Gasteiger partial charge in [0.2, 0.25) is 15.9 Å². The molecule has 1 unspecified atom stereocenters. The van der Waals surface area contributed by atoms with Crippen LogP contribution in [0, 0.1) is 0 Å². The largest absolute Gasteiger partial charge is 0.353 e. The Morgan fingerprint density at radius 1 is 1.23 bits per heavy atom. The van der Waals surface area contributed by atoms with Gasteiger partial charge in [0.05, 0.1) is 10.9 Å². The van der Waals surface area contributed by atoms with Crippen LogP contribution in [0.15, 0.2) is 29.2 Å². The standard InChI is InChI=1S/C13H20ClN3O3S.ClH/c1-3-15-8-9-16-13(18)10(2)17-21(19,20)12-6-4-11(14)5-7-12;/h4-7,10,15,17H,3,8-9H2,1-2H3,(H,16,18);1H. The molecule has 0 spiro atoms. The molecule has 9 heteroatoms. The first-order valence-electron chi connectivity index (χ1n) is 6.63. The van der Waals surface area contributed by atoms with Crippen LogP contribution in [-0.4, -0.2) is 40.0 Å². The molecule has 1 amide bonds. The normalized spacial score (nSPS) is 12.3. The third kappa shape index (κ3) is 6.93. The van der Waals surface area contributed by atoms with Crippen LogP contribution in [-0.2, 0) is 14.8 Å². The van der Waals surface area contributed by atoms with Crippen LogP contribution in [0.1, 0.15) is 13.8 Å². The van der Waals surface area contributed by atoms with Crippen molar-refractivity contribution < 1.29 is 13.2 Å². The van der Waals surface area contributed by atoms with Crippen LogP contribution in [0.5, 0.6) is 0 Å². The summed E-state index contributed by atoms with van der Waals surface area (Å²) in [4.78, 5) is 11.9. The number of hydrogen-bond donors (Lipinski definition) is 3. The summed E-state index contributed by atoms with van der Waals surface area (Å²) in [7, 11) is -3.74. The van der Waals surface area contributed by atoms with Gasteiger partial charge >= 0.3 is 0 Å². The fourth-order valence-corrected chi connectivity index (χ4v) is 2.90. The Hall–Kier alpha value is -0.860. The number of halogens is 2. The second kappa shape index (κ2) is 10.0. The molecule has 0 aliphatic heterocycles. The average molecular weight is 370 g/mol. The Morgan fingerprint density at radius 3 is 2.36 bits per heavy atom. The van der Waals surface area contributed by atoms with Crippen LogP contribution in [0.25, 0.3) is 0 Å². The summed E-state index contributed by atoms with van der Waals surface area (Å²) >= 11 is 5.72. The van der Waals surface area contributed by atoms with Gasteiger partial charge in [-0.05, 0) is 37.7 Å². The van der Waals surface area contributed by atoms with Crippen molar-refractivity contribution >= 4 is 39.9 Å². The van der Waals surface area contributed by atoms with Crippen LogP contribution in [0.4, 0.5) is 0 Å². The SMILES string of the molecule is CCNCCNC(=O)C(C)NS(=O)(=O)c1ccc(Cl)cc1.Cl. The number of carbonyl (C=O) groups is 1. The van der Waals surface area contributed by atoms with E-state index in [-0.39, 0.29) is 23.2 Å². The summed E-state index contributed by atoms with van der Waals surface area (Å²) < 4.78 is 26.5. The smallest absolute Gasteiger partial charge is 0.241 e. The molecule has 1 aromatic rings. The maximum Gasteiger partial charge on any atom is 0.241 e. The molecule has 3 N–H and O–H groups in total. The lowest BCUT2D eigenvalue weighted by Gasteiger charge is -2.14. The van der Waals surface area contributed by atoms with Crippen LogP contribution in [0.3, 0.4) is 0 Å². The summed E-state index contributed by atoms with van der Waals surface area (Å²) in [5.41, 5.74) is 0. The number of sulfonamides is 1. The maximum atomic E-state index is 12.1. The summed E-state index contributed by atoms with van der Waals surface area (Å²) in [5, 5.41) is 6.15. The van der Waals surface area contributed by atoms with Crippen molar-refractivity contribution in [1.29, 1.82) is 0 Å². The quantitative estimate of drug-likeness (QED) is 0.600. The lowest BCUT2D eigenvalue weighted by atomic mass is 10.3. The number of benzene rings is 1.